The molecule has 3 aromatic heterocycles. The van der Waals surface area contributed by atoms with Crippen molar-refractivity contribution in [2.75, 3.05) is 0 Å². The van der Waals surface area contributed by atoms with Crippen molar-refractivity contribution in [1.29, 1.82) is 0 Å². The van der Waals surface area contributed by atoms with Gasteiger partial charge < -0.3 is 4.57 Å². The van der Waals surface area contributed by atoms with Gasteiger partial charge >= 0.3 is 0 Å². The lowest BCUT2D eigenvalue weighted by molar-refractivity contribution is 0.945. The Morgan fingerprint density at radius 2 is 2.00 bits per heavy atom. The average molecular weight is 364 g/mol. The second-order valence-electron chi connectivity index (χ2n) is 4.57. The topological polar surface area (TPSA) is 43.6 Å². The number of aromatic nitrogens is 4. The minimum Gasteiger partial charge on any atom is -0.327 e. The van der Waals surface area contributed by atoms with Crippen molar-refractivity contribution in [1.82, 2.24) is 19.5 Å². The van der Waals surface area contributed by atoms with E-state index < -0.39 is 0 Å². The van der Waals surface area contributed by atoms with Crippen molar-refractivity contribution in [3.05, 3.63) is 39.6 Å². The molecule has 19 heavy (non-hydrogen) atoms. The number of aryl methyl sites for hydroxylation is 3. The first kappa shape index (κ1) is 12.5. The van der Waals surface area contributed by atoms with Crippen LogP contribution >= 0.6 is 22.6 Å². The molecule has 0 atom stereocenters. The lowest BCUT2D eigenvalue weighted by Crippen LogP contribution is -1.96. The van der Waals surface area contributed by atoms with E-state index in [-0.39, 0.29) is 0 Å². The molecule has 0 fully saturated rings. The Bertz CT molecular complexity index is 776. The summed E-state index contributed by atoms with van der Waals surface area (Å²) in [6.07, 6.45) is 5.35. The minimum absolute atomic E-state index is 0.968. The zero-order chi connectivity index (χ0) is 13.6. The second-order valence-corrected chi connectivity index (χ2v) is 5.65. The summed E-state index contributed by atoms with van der Waals surface area (Å²) in [6, 6.07) is 2.03. The molecule has 4 nitrogen and oxygen atoms in total. The normalized spacial score (nSPS) is 11.2. The maximum absolute atomic E-state index is 4.40. The Morgan fingerprint density at radius 1 is 1.21 bits per heavy atom. The molecule has 0 bridgehead atoms. The van der Waals surface area contributed by atoms with Crippen LogP contribution in [0.1, 0.15) is 11.3 Å². The molecule has 0 amide bonds. The van der Waals surface area contributed by atoms with E-state index >= 15 is 0 Å². The number of hydrogen-bond donors (Lipinski definition) is 0. The molecule has 0 aliphatic carbocycles. The SMILES string of the molecule is Cc1ccncc1-c1c(I)c2c(C)ncnc2n1C. The Labute approximate surface area is 125 Å². The fraction of sp³-hybridized carbons (Fsp3) is 0.214. The largest absolute Gasteiger partial charge is 0.327 e. The Balaban J connectivity index is 2.44. The maximum atomic E-state index is 4.40. The molecule has 0 N–H and O–H groups in total. The highest BCUT2D eigenvalue weighted by atomic mass is 127. The Morgan fingerprint density at radius 3 is 2.68 bits per heavy atom. The summed E-state index contributed by atoms with van der Waals surface area (Å²) in [5.41, 5.74) is 5.49. The van der Waals surface area contributed by atoms with Gasteiger partial charge in [-0.05, 0) is 48.1 Å². The number of halogens is 1. The van der Waals surface area contributed by atoms with Crippen molar-refractivity contribution in [3.63, 3.8) is 0 Å². The molecule has 96 valence electrons. The van der Waals surface area contributed by atoms with Crippen molar-refractivity contribution in [3.8, 4) is 11.3 Å². The number of rotatable bonds is 1. The number of nitrogens with zero attached hydrogens (tertiary/aromatic N) is 4. The average Bonchev–Trinajstić information content (AvgIpc) is 2.64. The van der Waals surface area contributed by atoms with Gasteiger partial charge in [0.25, 0.3) is 0 Å². The highest BCUT2D eigenvalue weighted by Gasteiger charge is 2.18. The van der Waals surface area contributed by atoms with Crippen molar-refractivity contribution >= 4 is 33.6 Å². The summed E-state index contributed by atoms with van der Waals surface area (Å²) in [7, 11) is 2.04. The first-order valence-electron chi connectivity index (χ1n) is 5.97. The highest BCUT2D eigenvalue weighted by molar-refractivity contribution is 14.1. The van der Waals surface area contributed by atoms with Crippen molar-refractivity contribution < 1.29 is 0 Å². The maximum Gasteiger partial charge on any atom is 0.144 e. The van der Waals surface area contributed by atoms with Crippen LogP contribution in [0.25, 0.3) is 22.3 Å². The first-order valence-corrected chi connectivity index (χ1v) is 7.05. The predicted molar refractivity (Wildman–Crippen MR) is 83.9 cm³/mol. The molecular weight excluding hydrogens is 351 g/mol. The van der Waals surface area contributed by atoms with Crippen LogP contribution < -0.4 is 0 Å². The van der Waals surface area contributed by atoms with Gasteiger partial charge in [0.1, 0.15) is 12.0 Å². The Hall–Kier alpha value is -1.50. The third kappa shape index (κ3) is 1.83. The molecule has 0 aromatic carbocycles. The van der Waals surface area contributed by atoms with Gasteiger partial charge in [-0.25, -0.2) is 9.97 Å². The summed E-state index contributed by atoms with van der Waals surface area (Å²) in [5.74, 6) is 0. The van der Waals surface area contributed by atoms with Gasteiger partial charge in [-0.2, -0.15) is 0 Å². The summed E-state index contributed by atoms with van der Waals surface area (Å²) in [6.45, 7) is 4.12. The molecule has 5 heteroatoms. The molecule has 0 aliphatic rings. The number of fused-ring (bicyclic) bond motifs is 1. The van der Waals surface area contributed by atoms with Crippen LogP contribution in [0.5, 0.6) is 0 Å². The minimum atomic E-state index is 0.968. The van der Waals surface area contributed by atoms with Crippen LogP contribution in [-0.4, -0.2) is 19.5 Å². The van der Waals surface area contributed by atoms with Crippen molar-refractivity contribution in [2.24, 2.45) is 7.05 Å². The van der Waals surface area contributed by atoms with E-state index in [9.17, 15) is 0 Å². The Kier molecular flexibility index (Phi) is 3.00. The number of hydrogen-bond acceptors (Lipinski definition) is 3. The van der Waals surface area contributed by atoms with E-state index in [0.717, 1.165) is 28.0 Å². The third-order valence-electron chi connectivity index (χ3n) is 3.39. The van der Waals surface area contributed by atoms with Crippen LogP contribution in [0.3, 0.4) is 0 Å². The summed E-state index contributed by atoms with van der Waals surface area (Å²) in [5, 5.41) is 1.13. The smallest absolute Gasteiger partial charge is 0.144 e. The van der Waals surface area contributed by atoms with E-state index in [0.29, 0.717) is 0 Å². The van der Waals surface area contributed by atoms with E-state index in [1.807, 2.05) is 32.4 Å². The van der Waals surface area contributed by atoms with Gasteiger partial charge in [-0.15, -0.1) is 0 Å². The lowest BCUT2D eigenvalue weighted by Gasteiger charge is -2.07. The van der Waals surface area contributed by atoms with Crippen LogP contribution in [0, 0.1) is 17.4 Å². The van der Waals surface area contributed by atoms with Gasteiger partial charge in [0, 0.05) is 25.0 Å². The summed E-state index contributed by atoms with van der Waals surface area (Å²) < 4.78 is 3.31. The van der Waals surface area contributed by atoms with E-state index in [4.69, 9.17) is 0 Å². The molecule has 0 unspecified atom stereocenters. The third-order valence-corrected chi connectivity index (χ3v) is 4.44. The molecule has 0 saturated carbocycles. The van der Waals surface area contributed by atoms with Gasteiger partial charge in [0.15, 0.2) is 0 Å². The zero-order valence-corrected chi connectivity index (χ0v) is 13.1. The van der Waals surface area contributed by atoms with E-state index in [1.54, 1.807) is 6.33 Å². The van der Waals surface area contributed by atoms with Gasteiger partial charge in [0.2, 0.25) is 0 Å². The fourth-order valence-electron chi connectivity index (χ4n) is 2.35. The fourth-order valence-corrected chi connectivity index (χ4v) is 3.64. The molecule has 0 spiro atoms. The van der Waals surface area contributed by atoms with Crippen molar-refractivity contribution in [2.45, 2.75) is 13.8 Å². The van der Waals surface area contributed by atoms with Crippen LogP contribution in [0.2, 0.25) is 0 Å². The molecular formula is C14H13IN4. The van der Waals surface area contributed by atoms with Gasteiger partial charge in [0.05, 0.1) is 20.3 Å². The predicted octanol–water partition coefficient (Wildman–Crippen LogP) is 3.25. The van der Waals surface area contributed by atoms with E-state index in [2.05, 4.69) is 49.0 Å². The molecule has 0 saturated heterocycles. The van der Waals surface area contributed by atoms with Crippen LogP contribution in [0.4, 0.5) is 0 Å². The second kappa shape index (κ2) is 4.56. The standard InChI is InChI=1S/C14H13IN4/c1-8-4-5-16-6-10(8)13-12(15)11-9(2)17-7-18-14(11)19(13)3/h4-7H,1-3H3. The van der Waals surface area contributed by atoms with Gasteiger partial charge in [-0.1, -0.05) is 0 Å². The molecule has 3 rings (SSSR count). The molecule has 3 heterocycles. The van der Waals surface area contributed by atoms with E-state index in [1.165, 1.54) is 9.13 Å². The highest BCUT2D eigenvalue weighted by Crippen LogP contribution is 2.35. The molecule has 0 aliphatic heterocycles. The molecule has 0 radical (unpaired) electrons. The van der Waals surface area contributed by atoms with Gasteiger partial charge in [-0.3, -0.25) is 4.98 Å². The number of pyridine rings is 1. The summed E-state index contributed by atoms with van der Waals surface area (Å²) in [4.78, 5) is 12.9. The zero-order valence-electron chi connectivity index (χ0n) is 11.0. The van der Waals surface area contributed by atoms with Crippen LogP contribution in [0.15, 0.2) is 24.8 Å². The molecule has 3 aromatic rings. The monoisotopic (exact) mass is 364 g/mol. The lowest BCUT2D eigenvalue weighted by atomic mass is 10.1. The van der Waals surface area contributed by atoms with Crippen LogP contribution in [-0.2, 0) is 7.05 Å². The quantitative estimate of drug-likeness (QED) is 0.623. The first-order chi connectivity index (χ1) is 9.11. The summed E-state index contributed by atoms with van der Waals surface area (Å²) >= 11 is 2.38.